The number of benzene rings is 1. The molecule has 0 fully saturated rings. The van der Waals surface area contributed by atoms with E-state index in [0.717, 1.165) is 0 Å². The van der Waals surface area contributed by atoms with Gasteiger partial charge in [-0.15, -0.1) is 0 Å². The van der Waals surface area contributed by atoms with Crippen LogP contribution >= 0.6 is 15.9 Å². The molecule has 0 saturated carbocycles. The molecule has 0 radical (unpaired) electrons. The monoisotopic (exact) mass is 302 g/mol. The van der Waals surface area contributed by atoms with E-state index >= 15 is 0 Å². The maximum atomic E-state index is 10.9. The molecule has 0 amide bonds. The van der Waals surface area contributed by atoms with Crippen molar-refractivity contribution < 1.29 is 10.0 Å². The Morgan fingerprint density at radius 1 is 1.53 bits per heavy atom. The first kappa shape index (κ1) is 14.1. The number of aliphatic hydroxyl groups excluding tert-OH is 1. The van der Waals surface area contributed by atoms with Gasteiger partial charge in [-0.2, -0.15) is 0 Å². The highest BCUT2D eigenvalue weighted by Gasteiger charge is 2.19. The highest BCUT2D eigenvalue weighted by atomic mass is 79.9. The van der Waals surface area contributed by atoms with Crippen LogP contribution in [0.2, 0.25) is 0 Å². The first-order valence-electron chi connectivity index (χ1n) is 5.14. The molecule has 94 valence electrons. The third-order valence-electron chi connectivity index (χ3n) is 2.40. The van der Waals surface area contributed by atoms with E-state index in [9.17, 15) is 10.1 Å². The second-order valence-electron chi connectivity index (χ2n) is 4.43. The van der Waals surface area contributed by atoms with Gasteiger partial charge in [0.25, 0.3) is 5.69 Å². The van der Waals surface area contributed by atoms with E-state index in [1.165, 1.54) is 6.07 Å². The molecule has 6 heteroatoms. The summed E-state index contributed by atoms with van der Waals surface area (Å²) < 4.78 is 0.675. The summed E-state index contributed by atoms with van der Waals surface area (Å²) >= 11 is 3.20. The lowest BCUT2D eigenvalue weighted by Gasteiger charge is -2.23. The van der Waals surface area contributed by atoms with Crippen molar-refractivity contribution in [3.63, 3.8) is 0 Å². The number of nitro benzene ring substituents is 1. The molecule has 0 aromatic heterocycles. The minimum atomic E-state index is -0.457. The molecule has 1 aromatic carbocycles. The van der Waals surface area contributed by atoms with E-state index < -0.39 is 10.5 Å². The molecule has 0 bridgehead atoms. The summed E-state index contributed by atoms with van der Waals surface area (Å²) in [6.07, 6.45) is 0. The summed E-state index contributed by atoms with van der Waals surface area (Å²) in [5.74, 6) is 0. The molecular formula is C11H15BrN2O3. The van der Waals surface area contributed by atoms with Gasteiger partial charge in [0.1, 0.15) is 0 Å². The zero-order chi connectivity index (χ0) is 13.1. The number of hydrogen-bond donors (Lipinski definition) is 2. The highest BCUT2D eigenvalue weighted by Crippen LogP contribution is 2.23. The molecule has 1 aromatic rings. The van der Waals surface area contributed by atoms with Crippen LogP contribution in [0.25, 0.3) is 0 Å². The predicted molar refractivity (Wildman–Crippen MR) is 68.8 cm³/mol. The van der Waals surface area contributed by atoms with Crippen molar-refractivity contribution in [1.82, 2.24) is 5.32 Å². The minimum absolute atomic E-state index is 0.0304. The quantitative estimate of drug-likeness (QED) is 0.646. The Kier molecular flexibility index (Phi) is 4.62. The van der Waals surface area contributed by atoms with Crippen LogP contribution in [0.5, 0.6) is 0 Å². The standard InChI is InChI=1S/C11H15BrN2O3/c1-11(2,7-15)13-6-8-3-4-9(12)5-10(8)14(16)17/h3-5,13,15H,6-7H2,1-2H3. The molecule has 1 rings (SSSR count). The topological polar surface area (TPSA) is 75.4 Å². The number of nitro groups is 1. The van der Waals surface area contributed by atoms with Crippen molar-refractivity contribution in [1.29, 1.82) is 0 Å². The number of nitrogens with zero attached hydrogens (tertiary/aromatic N) is 1. The normalized spacial score (nSPS) is 11.5. The van der Waals surface area contributed by atoms with Gasteiger partial charge in [-0.1, -0.05) is 15.9 Å². The maximum absolute atomic E-state index is 10.9. The van der Waals surface area contributed by atoms with Crippen molar-refractivity contribution in [2.75, 3.05) is 6.61 Å². The number of aliphatic hydroxyl groups is 1. The lowest BCUT2D eigenvalue weighted by atomic mass is 10.1. The van der Waals surface area contributed by atoms with Crippen molar-refractivity contribution in [3.05, 3.63) is 38.3 Å². The molecule has 5 nitrogen and oxygen atoms in total. The van der Waals surface area contributed by atoms with Crippen LogP contribution in [0.1, 0.15) is 19.4 Å². The molecule has 0 unspecified atom stereocenters. The van der Waals surface area contributed by atoms with Gasteiger partial charge < -0.3 is 10.4 Å². The first-order chi connectivity index (χ1) is 7.85. The van der Waals surface area contributed by atoms with E-state index in [0.29, 0.717) is 16.6 Å². The Bertz CT molecular complexity index is 421. The summed E-state index contributed by atoms with van der Waals surface area (Å²) in [5.41, 5.74) is 0.210. The fourth-order valence-corrected chi connectivity index (χ4v) is 1.60. The van der Waals surface area contributed by atoms with E-state index in [4.69, 9.17) is 5.11 Å². The predicted octanol–water partition coefficient (Wildman–Crippen LogP) is 2.22. The number of halogens is 1. The molecule has 0 aliphatic rings. The van der Waals surface area contributed by atoms with Gasteiger partial charge in [-0.05, 0) is 26.0 Å². The third kappa shape index (κ3) is 4.07. The van der Waals surface area contributed by atoms with Crippen LogP contribution in [0.4, 0.5) is 5.69 Å². The van der Waals surface area contributed by atoms with Gasteiger partial charge in [0.15, 0.2) is 0 Å². The van der Waals surface area contributed by atoms with Crippen LogP contribution in [0.3, 0.4) is 0 Å². The lowest BCUT2D eigenvalue weighted by Crippen LogP contribution is -2.42. The Morgan fingerprint density at radius 2 is 2.18 bits per heavy atom. The second-order valence-corrected chi connectivity index (χ2v) is 5.34. The average Bonchev–Trinajstić information content (AvgIpc) is 2.27. The Balaban J connectivity index is 2.88. The molecule has 0 saturated heterocycles. The summed E-state index contributed by atoms with van der Waals surface area (Å²) in [6.45, 7) is 3.98. The molecule has 0 heterocycles. The van der Waals surface area contributed by atoms with Gasteiger partial charge in [0, 0.05) is 28.2 Å². The van der Waals surface area contributed by atoms with Crippen LogP contribution in [-0.4, -0.2) is 22.2 Å². The number of rotatable bonds is 5. The van der Waals surface area contributed by atoms with Crippen LogP contribution in [-0.2, 0) is 6.54 Å². The second kappa shape index (κ2) is 5.57. The molecule has 2 N–H and O–H groups in total. The number of hydrogen-bond acceptors (Lipinski definition) is 4. The van der Waals surface area contributed by atoms with Gasteiger partial charge in [0.05, 0.1) is 11.5 Å². The van der Waals surface area contributed by atoms with Crippen LogP contribution in [0, 0.1) is 10.1 Å². The molecule has 0 atom stereocenters. The first-order valence-corrected chi connectivity index (χ1v) is 5.94. The summed E-state index contributed by atoms with van der Waals surface area (Å²) in [4.78, 5) is 10.5. The maximum Gasteiger partial charge on any atom is 0.275 e. The fourth-order valence-electron chi connectivity index (χ4n) is 1.25. The van der Waals surface area contributed by atoms with Gasteiger partial charge in [0.2, 0.25) is 0 Å². The average molecular weight is 303 g/mol. The molecular weight excluding hydrogens is 288 g/mol. The summed E-state index contributed by atoms with van der Waals surface area (Å²) in [7, 11) is 0. The van der Waals surface area contributed by atoms with Crippen molar-refractivity contribution >= 4 is 21.6 Å². The zero-order valence-corrected chi connectivity index (χ0v) is 11.3. The SMILES string of the molecule is CC(C)(CO)NCc1ccc(Br)cc1[N+](=O)[O-]. The zero-order valence-electron chi connectivity index (χ0n) is 9.74. The van der Waals surface area contributed by atoms with Gasteiger partial charge in [-0.3, -0.25) is 10.1 Å². The summed E-state index contributed by atoms with van der Waals surface area (Å²) in [6, 6.07) is 4.93. The lowest BCUT2D eigenvalue weighted by molar-refractivity contribution is -0.385. The molecule has 0 spiro atoms. The number of nitrogens with one attached hydrogen (secondary N) is 1. The third-order valence-corrected chi connectivity index (χ3v) is 2.89. The van der Waals surface area contributed by atoms with Gasteiger partial charge >= 0.3 is 0 Å². The largest absolute Gasteiger partial charge is 0.394 e. The Hall–Kier alpha value is -0.980. The van der Waals surface area contributed by atoms with Crippen molar-refractivity contribution in [2.45, 2.75) is 25.9 Å². The molecule has 17 heavy (non-hydrogen) atoms. The van der Waals surface area contributed by atoms with Gasteiger partial charge in [-0.25, -0.2) is 0 Å². The van der Waals surface area contributed by atoms with E-state index in [1.54, 1.807) is 12.1 Å². The Labute approximate surface area is 108 Å². The Morgan fingerprint density at radius 3 is 2.71 bits per heavy atom. The fraction of sp³-hybridized carbons (Fsp3) is 0.455. The smallest absolute Gasteiger partial charge is 0.275 e. The van der Waals surface area contributed by atoms with Crippen LogP contribution < -0.4 is 5.32 Å². The molecule has 0 aliphatic carbocycles. The van der Waals surface area contributed by atoms with E-state index in [1.807, 2.05) is 13.8 Å². The highest BCUT2D eigenvalue weighted by molar-refractivity contribution is 9.10. The molecule has 0 aliphatic heterocycles. The summed E-state index contributed by atoms with van der Waals surface area (Å²) in [5, 5.41) is 23.0. The van der Waals surface area contributed by atoms with Crippen LogP contribution in [0.15, 0.2) is 22.7 Å². The minimum Gasteiger partial charge on any atom is -0.394 e. The van der Waals surface area contributed by atoms with E-state index in [-0.39, 0.29) is 12.3 Å². The van der Waals surface area contributed by atoms with Crippen molar-refractivity contribution in [3.8, 4) is 0 Å². The van der Waals surface area contributed by atoms with Crippen molar-refractivity contribution in [2.24, 2.45) is 0 Å². The van der Waals surface area contributed by atoms with E-state index in [2.05, 4.69) is 21.2 Å².